The van der Waals surface area contributed by atoms with E-state index < -0.39 is 0 Å². The van der Waals surface area contributed by atoms with E-state index in [2.05, 4.69) is 33.1 Å². The van der Waals surface area contributed by atoms with Crippen LogP contribution in [0.5, 0.6) is 0 Å². The summed E-state index contributed by atoms with van der Waals surface area (Å²) in [6.07, 6.45) is 0. The van der Waals surface area contributed by atoms with Gasteiger partial charge in [0.2, 0.25) is 0 Å². The van der Waals surface area contributed by atoms with Crippen LogP contribution in [0.25, 0.3) is 0 Å². The summed E-state index contributed by atoms with van der Waals surface area (Å²) < 4.78 is 0. The van der Waals surface area contributed by atoms with Gasteiger partial charge in [0.1, 0.15) is 0 Å². The Labute approximate surface area is 69.3 Å². The highest BCUT2D eigenvalue weighted by Crippen LogP contribution is 2.08. The van der Waals surface area contributed by atoms with E-state index in [0.29, 0.717) is 11.6 Å². The van der Waals surface area contributed by atoms with Crippen molar-refractivity contribution in [3.63, 3.8) is 0 Å². The molecule has 0 aliphatic heterocycles. The average molecular weight is 151 g/mol. The van der Waals surface area contributed by atoms with Crippen molar-refractivity contribution in [2.24, 2.45) is 11.7 Å². The van der Waals surface area contributed by atoms with Gasteiger partial charge in [-0.25, -0.2) is 0 Å². The molecule has 2 N–H and O–H groups in total. The van der Waals surface area contributed by atoms with Crippen LogP contribution in [0.2, 0.25) is 0 Å². The second kappa shape index (κ2) is 4.05. The summed E-state index contributed by atoms with van der Waals surface area (Å²) in [4.78, 5) is 0. The maximum atomic E-state index is 5.48. The number of rotatable bonds is 2. The molecule has 0 aromatic carbocycles. The lowest BCUT2D eigenvalue weighted by molar-refractivity contribution is 0.770. The smallest absolute Gasteiger partial charge is 0.0349 e. The van der Waals surface area contributed by atoms with Gasteiger partial charge in [-0.2, -0.15) is 0 Å². The van der Waals surface area contributed by atoms with E-state index in [0.717, 1.165) is 5.57 Å². The number of nitrogens with two attached hydrogens (primary N) is 1. The van der Waals surface area contributed by atoms with Gasteiger partial charge in [-0.1, -0.05) is 20.4 Å². The zero-order valence-corrected chi connectivity index (χ0v) is 7.86. The van der Waals surface area contributed by atoms with Crippen molar-refractivity contribution >= 4 is 0 Å². The lowest BCUT2D eigenvalue weighted by atomic mass is 10.1. The van der Waals surface area contributed by atoms with Crippen LogP contribution in [0.1, 0.15) is 27.7 Å². The Bertz CT molecular complexity index is 215. The van der Waals surface area contributed by atoms with Crippen LogP contribution >= 0.6 is 0 Å². The molecule has 0 heterocycles. The van der Waals surface area contributed by atoms with E-state index in [1.54, 1.807) is 0 Å². The van der Waals surface area contributed by atoms with E-state index in [9.17, 15) is 0 Å². The second-order valence-corrected chi connectivity index (χ2v) is 3.11. The fraction of sp³-hybridized carbons (Fsp3) is 0.500. The van der Waals surface area contributed by atoms with Crippen molar-refractivity contribution < 1.29 is 0 Å². The van der Waals surface area contributed by atoms with Crippen LogP contribution in [0, 0.1) is 5.92 Å². The molecule has 62 valence electrons. The van der Waals surface area contributed by atoms with E-state index >= 15 is 0 Å². The summed E-state index contributed by atoms with van der Waals surface area (Å²) in [6.45, 7) is 11.9. The molecule has 0 atom stereocenters. The second-order valence-electron chi connectivity index (χ2n) is 3.11. The molecule has 0 aromatic heterocycles. The van der Waals surface area contributed by atoms with E-state index in [4.69, 9.17) is 5.73 Å². The number of hydrogen-bond acceptors (Lipinski definition) is 1. The molecule has 0 aromatic rings. The van der Waals surface area contributed by atoms with Crippen molar-refractivity contribution in [2.45, 2.75) is 27.7 Å². The van der Waals surface area contributed by atoms with Crippen LogP contribution in [0.4, 0.5) is 0 Å². The monoisotopic (exact) mass is 151 g/mol. The lowest BCUT2D eigenvalue weighted by Gasteiger charge is -2.01. The fourth-order valence-electron chi connectivity index (χ4n) is 0.520. The van der Waals surface area contributed by atoms with Gasteiger partial charge in [0.15, 0.2) is 0 Å². The number of hydrogen-bond donors (Lipinski definition) is 1. The molecule has 0 unspecified atom stereocenters. The van der Waals surface area contributed by atoms with Crippen molar-refractivity contribution in [3.05, 3.63) is 29.2 Å². The minimum atomic E-state index is 0.532. The van der Waals surface area contributed by atoms with E-state index in [1.807, 2.05) is 6.92 Å². The highest BCUT2D eigenvalue weighted by atomic mass is 14.6. The molecular weight excluding hydrogens is 134 g/mol. The molecule has 1 nitrogen and oxygen atoms in total. The third-order valence-corrected chi connectivity index (χ3v) is 1.73. The molecule has 0 rings (SSSR count). The van der Waals surface area contributed by atoms with Gasteiger partial charge in [0.05, 0.1) is 0 Å². The van der Waals surface area contributed by atoms with Gasteiger partial charge in [-0.05, 0) is 25.3 Å². The third kappa shape index (κ3) is 3.69. The quantitative estimate of drug-likeness (QED) is 0.476. The van der Waals surface area contributed by atoms with Gasteiger partial charge in [0, 0.05) is 11.3 Å². The van der Waals surface area contributed by atoms with Crippen LogP contribution in [0.3, 0.4) is 0 Å². The summed E-state index contributed by atoms with van der Waals surface area (Å²) in [5.74, 6) is 0.532. The van der Waals surface area contributed by atoms with Crippen molar-refractivity contribution in [1.29, 1.82) is 0 Å². The molecule has 0 amide bonds. The molecule has 0 aliphatic carbocycles. The van der Waals surface area contributed by atoms with E-state index in [-0.39, 0.29) is 0 Å². The van der Waals surface area contributed by atoms with Crippen molar-refractivity contribution in [2.75, 3.05) is 0 Å². The average Bonchev–Trinajstić information content (AvgIpc) is 1.87. The van der Waals surface area contributed by atoms with Gasteiger partial charge in [-0.3, -0.25) is 0 Å². The zero-order valence-electron chi connectivity index (χ0n) is 7.86. The Morgan fingerprint density at radius 3 is 2.09 bits per heavy atom. The van der Waals surface area contributed by atoms with Crippen molar-refractivity contribution in [3.8, 4) is 0 Å². The fourth-order valence-corrected chi connectivity index (χ4v) is 0.520. The summed E-state index contributed by atoms with van der Waals surface area (Å²) in [5.41, 5.74) is 11.4. The third-order valence-electron chi connectivity index (χ3n) is 1.73. The van der Waals surface area contributed by atoms with Crippen molar-refractivity contribution in [1.82, 2.24) is 0 Å². The van der Waals surface area contributed by atoms with Gasteiger partial charge < -0.3 is 5.73 Å². The molecule has 11 heavy (non-hydrogen) atoms. The van der Waals surface area contributed by atoms with Gasteiger partial charge >= 0.3 is 0 Å². The molecule has 0 saturated carbocycles. The molecular formula is C10H17N. The van der Waals surface area contributed by atoms with Crippen LogP contribution in [-0.4, -0.2) is 0 Å². The maximum Gasteiger partial charge on any atom is 0.0349 e. The summed E-state index contributed by atoms with van der Waals surface area (Å²) in [6, 6.07) is 0. The minimum absolute atomic E-state index is 0.532. The molecule has 0 aliphatic rings. The SMILES string of the molecule is C=C(N)C(C)=C=C(C)C(C)C. The molecule has 1 heteroatoms. The molecule has 0 bridgehead atoms. The Morgan fingerprint density at radius 2 is 1.82 bits per heavy atom. The predicted molar refractivity (Wildman–Crippen MR) is 50.1 cm³/mol. The van der Waals surface area contributed by atoms with Crippen LogP contribution in [0.15, 0.2) is 29.2 Å². The molecule has 0 radical (unpaired) electrons. The zero-order chi connectivity index (χ0) is 9.02. The first-order chi connectivity index (χ1) is 4.95. The predicted octanol–water partition coefficient (Wildman–Crippen LogP) is 2.61. The summed E-state index contributed by atoms with van der Waals surface area (Å²) in [5, 5.41) is 0. The lowest BCUT2D eigenvalue weighted by Crippen LogP contribution is -1.95. The molecule has 0 spiro atoms. The maximum absolute atomic E-state index is 5.48. The Morgan fingerprint density at radius 1 is 1.36 bits per heavy atom. The Kier molecular flexibility index (Phi) is 3.70. The molecule has 0 saturated heterocycles. The topological polar surface area (TPSA) is 26.0 Å². The minimum Gasteiger partial charge on any atom is -0.398 e. The summed E-state index contributed by atoms with van der Waals surface area (Å²) in [7, 11) is 0. The molecule has 0 fully saturated rings. The van der Waals surface area contributed by atoms with Crippen LogP contribution in [-0.2, 0) is 0 Å². The van der Waals surface area contributed by atoms with Gasteiger partial charge in [0.25, 0.3) is 0 Å². The standard InChI is InChI=1S/C10H17N/c1-7(2)8(3)6-9(4)10(5)11/h7H,5,11H2,1-4H3. The van der Waals surface area contributed by atoms with Gasteiger partial charge in [-0.15, -0.1) is 5.73 Å². The van der Waals surface area contributed by atoms with Crippen LogP contribution < -0.4 is 5.73 Å². The largest absolute Gasteiger partial charge is 0.398 e. The highest BCUT2D eigenvalue weighted by Gasteiger charge is 1.94. The first-order valence-electron chi connectivity index (χ1n) is 3.84. The summed E-state index contributed by atoms with van der Waals surface area (Å²) >= 11 is 0. The Balaban J connectivity index is 4.74. The highest BCUT2D eigenvalue weighted by molar-refractivity contribution is 5.24. The first-order valence-corrected chi connectivity index (χ1v) is 3.84. The van der Waals surface area contributed by atoms with E-state index in [1.165, 1.54) is 5.57 Å². The number of allylic oxidation sites excluding steroid dienone is 1. The Hall–Kier alpha value is -0.940. The normalized spacial score (nSPS) is 9.18. The first kappa shape index (κ1) is 10.1.